The van der Waals surface area contributed by atoms with Crippen molar-refractivity contribution in [2.75, 3.05) is 11.5 Å². The normalized spacial score (nSPS) is 20.0. The third kappa shape index (κ3) is 3.75. The van der Waals surface area contributed by atoms with Crippen LogP contribution in [-0.4, -0.2) is 38.0 Å². The zero-order valence-corrected chi connectivity index (χ0v) is 11.5. The summed E-state index contributed by atoms with van der Waals surface area (Å²) >= 11 is 0. The van der Waals surface area contributed by atoms with Crippen molar-refractivity contribution in [2.24, 2.45) is 0 Å². The SMILES string of the molecule is O=C(NC(=O)c1c(F)cccc1F)OC1CCS(=O)(=O)C1. The molecule has 1 aliphatic rings. The van der Waals surface area contributed by atoms with E-state index >= 15 is 0 Å². The Bertz CT molecular complexity index is 669. The molecule has 114 valence electrons. The van der Waals surface area contributed by atoms with Crippen LogP contribution in [0.3, 0.4) is 0 Å². The fourth-order valence-corrected chi connectivity index (χ4v) is 3.49. The van der Waals surface area contributed by atoms with E-state index in [-0.39, 0.29) is 17.9 Å². The van der Waals surface area contributed by atoms with Crippen LogP contribution in [-0.2, 0) is 14.6 Å². The highest BCUT2D eigenvalue weighted by molar-refractivity contribution is 7.91. The summed E-state index contributed by atoms with van der Waals surface area (Å²) < 4.78 is 53.7. The molecule has 6 nitrogen and oxygen atoms in total. The summed E-state index contributed by atoms with van der Waals surface area (Å²) in [5, 5.41) is 1.66. The lowest BCUT2D eigenvalue weighted by molar-refractivity contribution is 0.0856. The molecule has 1 aromatic carbocycles. The number of ether oxygens (including phenoxy) is 1. The standard InChI is InChI=1S/C12H11F2NO5S/c13-8-2-1-3-9(14)10(8)11(16)15-12(17)20-7-4-5-21(18,19)6-7/h1-3,7H,4-6H2,(H,15,16,17). The zero-order chi connectivity index (χ0) is 15.6. The molecule has 0 aliphatic carbocycles. The fourth-order valence-electron chi connectivity index (χ4n) is 1.90. The van der Waals surface area contributed by atoms with E-state index < -0.39 is 45.1 Å². The molecular formula is C12H11F2NO5S. The third-order valence-corrected chi connectivity index (χ3v) is 4.61. The highest BCUT2D eigenvalue weighted by atomic mass is 32.2. The maximum absolute atomic E-state index is 13.3. The van der Waals surface area contributed by atoms with E-state index in [1.807, 2.05) is 0 Å². The fraction of sp³-hybridized carbons (Fsp3) is 0.333. The molecule has 2 amide bonds. The summed E-state index contributed by atoms with van der Waals surface area (Å²) in [5.41, 5.74) is -0.909. The Morgan fingerprint density at radius 3 is 2.38 bits per heavy atom. The molecule has 0 aromatic heterocycles. The van der Waals surface area contributed by atoms with Crippen molar-refractivity contribution in [1.82, 2.24) is 5.32 Å². The molecule has 1 unspecified atom stereocenters. The van der Waals surface area contributed by atoms with Gasteiger partial charge in [0.15, 0.2) is 9.84 Å². The average Bonchev–Trinajstić information content (AvgIpc) is 2.67. The first-order valence-corrected chi connectivity index (χ1v) is 7.77. The maximum Gasteiger partial charge on any atom is 0.414 e. The van der Waals surface area contributed by atoms with Crippen LogP contribution in [0.2, 0.25) is 0 Å². The van der Waals surface area contributed by atoms with Gasteiger partial charge in [-0.25, -0.2) is 22.0 Å². The van der Waals surface area contributed by atoms with Gasteiger partial charge in [0, 0.05) is 0 Å². The van der Waals surface area contributed by atoms with Crippen molar-refractivity contribution in [3.63, 3.8) is 0 Å². The molecule has 1 aliphatic heterocycles. The van der Waals surface area contributed by atoms with E-state index in [0.29, 0.717) is 0 Å². The zero-order valence-electron chi connectivity index (χ0n) is 10.6. The molecule has 2 rings (SSSR count). The molecule has 1 heterocycles. The van der Waals surface area contributed by atoms with Crippen LogP contribution in [0.4, 0.5) is 13.6 Å². The lowest BCUT2D eigenvalue weighted by Crippen LogP contribution is -2.35. The molecular weight excluding hydrogens is 308 g/mol. The van der Waals surface area contributed by atoms with E-state index in [1.54, 1.807) is 5.32 Å². The molecule has 0 radical (unpaired) electrons. The molecule has 1 N–H and O–H groups in total. The van der Waals surface area contributed by atoms with Crippen LogP contribution >= 0.6 is 0 Å². The van der Waals surface area contributed by atoms with E-state index in [0.717, 1.165) is 18.2 Å². The minimum atomic E-state index is -3.25. The molecule has 21 heavy (non-hydrogen) atoms. The minimum absolute atomic E-state index is 0.110. The second-order valence-electron chi connectivity index (χ2n) is 4.48. The van der Waals surface area contributed by atoms with Gasteiger partial charge in [-0.2, -0.15) is 0 Å². The predicted octanol–water partition coefficient (Wildman–Crippen LogP) is 1.02. The van der Waals surface area contributed by atoms with Crippen molar-refractivity contribution in [2.45, 2.75) is 12.5 Å². The lowest BCUT2D eigenvalue weighted by atomic mass is 10.2. The van der Waals surface area contributed by atoms with E-state index in [4.69, 9.17) is 4.74 Å². The molecule has 1 fully saturated rings. The van der Waals surface area contributed by atoms with E-state index in [1.165, 1.54) is 0 Å². The van der Waals surface area contributed by atoms with Gasteiger partial charge in [-0.05, 0) is 18.6 Å². The van der Waals surface area contributed by atoms with Gasteiger partial charge in [-0.15, -0.1) is 0 Å². The largest absolute Gasteiger partial charge is 0.445 e. The number of alkyl carbamates (subject to hydrolysis) is 1. The summed E-state index contributed by atoms with van der Waals surface area (Å²) in [4.78, 5) is 23.0. The van der Waals surface area contributed by atoms with Crippen LogP contribution in [0.25, 0.3) is 0 Å². The van der Waals surface area contributed by atoms with Crippen LogP contribution in [0.1, 0.15) is 16.8 Å². The smallest absolute Gasteiger partial charge is 0.414 e. The maximum atomic E-state index is 13.3. The molecule has 0 bridgehead atoms. The van der Waals surface area contributed by atoms with Gasteiger partial charge in [0.1, 0.15) is 23.3 Å². The first-order valence-electron chi connectivity index (χ1n) is 5.95. The number of amides is 2. The summed E-state index contributed by atoms with van der Waals surface area (Å²) in [6.07, 6.45) is -1.99. The van der Waals surface area contributed by atoms with Gasteiger partial charge in [0.05, 0.1) is 11.5 Å². The Morgan fingerprint density at radius 2 is 1.86 bits per heavy atom. The average molecular weight is 319 g/mol. The number of imide groups is 1. The van der Waals surface area contributed by atoms with E-state index in [2.05, 4.69) is 0 Å². The number of carbonyl (C=O) groups is 2. The molecule has 1 saturated heterocycles. The Labute approximate surface area is 119 Å². The van der Waals surface area contributed by atoms with Crippen LogP contribution in [0.15, 0.2) is 18.2 Å². The molecule has 9 heteroatoms. The summed E-state index contributed by atoms with van der Waals surface area (Å²) in [6, 6.07) is 2.81. The van der Waals surface area contributed by atoms with Gasteiger partial charge in [-0.1, -0.05) is 6.07 Å². The highest BCUT2D eigenvalue weighted by Gasteiger charge is 2.31. The van der Waals surface area contributed by atoms with Crippen LogP contribution < -0.4 is 5.32 Å². The number of hydrogen-bond acceptors (Lipinski definition) is 5. The topological polar surface area (TPSA) is 89.5 Å². The van der Waals surface area contributed by atoms with Crippen molar-refractivity contribution < 1.29 is 31.5 Å². The third-order valence-electron chi connectivity index (χ3n) is 2.87. The first-order chi connectivity index (χ1) is 9.78. The minimum Gasteiger partial charge on any atom is -0.445 e. The lowest BCUT2D eigenvalue weighted by Gasteiger charge is -2.11. The summed E-state index contributed by atoms with van der Waals surface area (Å²) in [6.45, 7) is 0. The summed E-state index contributed by atoms with van der Waals surface area (Å²) in [5.74, 6) is -3.98. The van der Waals surface area contributed by atoms with Gasteiger partial charge in [0.2, 0.25) is 0 Å². The number of nitrogens with one attached hydrogen (secondary N) is 1. The number of halogens is 2. The molecule has 0 saturated carbocycles. The van der Waals surface area contributed by atoms with Crippen LogP contribution in [0, 0.1) is 11.6 Å². The van der Waals surface area contributed by atoms with Gasteiger partial charge in [0.25, 0.3) is 5.91 Å². The Kier molecular flexibility index (Phi) is 4.21. The second-order valence-corrected chi connectivity index (χ2v) is 6.71. The second kappa shape index (κ2) is 5.76. The Hall–Kier alpha value is -2.03. The summed E-state index contributed by atoms with van der Waals surface area (Å²) in [7, 11) is -3.25. The monoisotopic (exact) mass is 319 g/mol. The molecule has 0 spiro atoms. The van der Waals surface area contributed by atoms with Crippen molar-refractivity contribution in [3.8, 4) is 0 Å². The van der Waals surface area contributed by atoms with Crippen molar-refractivity contribution in [3.05, 3.63) is 35.4 Å². The Balaban J connectivity index is 1.99. The number of hydrogen-bond donors (Lipinski definition) is 1. The van der Waals surface area contributed by atoms with Gasteiger partial charge in [-0.3, -0.25) is 10.1 Å². The van der Waals surface area contributed by atoms with Gasteiger partial charge < -0.3 is 4.74 Å². The number of rotatable bonds is 2. The van der Waals surface area contributed by atoms with Crippen molar-refractivity contribution in [1.29, 1.82) is 0 Å². The van der Waals surface area contributed by atoms with E-state index in [9.17, 15) is 26.8 Å². The predicted molar refractivity (Wildman–Crippen MR) is 67.4 cm³/mol. The van der Waals surface area contributed by atoms with Crippen molar-refractivity contribution >= 4 is 21.8 Å². The quantitative estimate of drug-likeness (QED) is 0.879. The number of benzene rings is 1. The van der Waals surface area contributed by atoms with Crippen LogP contribution in [0.5, 0.6) is 0 Å². The Morgan fingerprint density at radius 1 is 1.24 bits per heavy atom. The highest BCUT2D eigenvalue weighted by Crippen LogP contribution is 2.15. The number of carbonyl (C=O) groups excluding carboxylic acids is 2. The molecule has 1 aromatic rings. The molecule has 1 atom stereocenters. The van der Waals surface area contributed by atoms with Gasteiger partial charge >= 0.3 is 6.09 Å². The number of sulfone groups is 1. The first kappa shape index (κ1) is 15.4.